The van der Waals surface area contributed by atoms with Crippen molar-refractivity contribution in [1.82, 2.24) is 10.2 Å². The molecule has 0 saturated heterocycles. The van der Waals surface area contributed by atoms with Crippen LogP contribution in [0.2, 0.25) is 10.0 Å². The van der Waals surface area contributed by atoms with E-state index in [0.717, 1.165) is 36.8 Å². The lowest BCUT2D eigenvalue weighted by atomic mass is 9.94. The summed E-state index contributed by atoms with van der Waals surface area (Å²) in [7, 11) is 0. The number of carbonyl (C=O) groups excluding carboxylic acids is 2. The van der Waals surface area contributed by atoms with Crippen molar-refractivity contribution >= 4 is 50.9 Å². The first-order chi connectivity index (χ1) is 18.4. The van der Waals surface area contributed by atoms with Gasteiger partial charge in [0.05, 0.1) is 4.47 Å². The van der Waals surface area contributed by atoms with Gasteiger partial charge in [0, 0.05) is 29.1 Å². The third-order valence-corrected chi connectivity index (χ3v) is 7.99. The van der Waals surface area contributed by atoms with Crippen LogP contribution >= 0.6 is 39.1 Å². The number of hydrogen-bond donors (Lipinski definition) is 1. The lowest BCUT2D eigenvalue weighted by Crippen LogP contribution is -2.53. The van der Waals surface area contributed by atoms with Crippen LogP contribution in [0.1, 0.15) is 43.2 Å². The summed E-state index contributed by atoms with van der Waals surface area (Å²) >= 11 is 16.0. The summed E-state index contributed by atoms with van der Waals surface area (Å²) in [5.74, 6) is 0.0204. The van der Waals surface area contributed by atoms with E-state index in [1.165, 1.54) is 6.42 Å². The van der Waals surface area contributed by atoms with E-state index < -0.39 is 6.04 Å². The molecular weight excluding hydrogens is 587 g/mol. The Morgan fingerprint density at radius 3 is 2.39 bits per heavy atom. The normalized spacial score (nSPS) is 14.5. The standard InChI is InChI=1S/C30H31BrCl2N2O3/c31-25-18-23(32)15-16-28(25)38-20-29(36)35(19-22-11-7-8-14-26(22)33)27(17-21-9-3-1-4-10-21)30(37)34-24-12-5-2-6-13-24/h1,3-4,7-11,14-16,18,24,27H,2,5-6,12-13,17,19-20H2,(H,34,37)/t27-/m0/s1. The Balaban J connectivity index is 1.62. The molecule has 4 rings (SSSR count). The van der Waals surface area contributed by atoms with Crippen LogP contribution in [0.5, 0.6) is 5.75 Å². The van der Waals surface area contributed by atoms with E-state index in [0.29, 0.717) is 26.7 Å². The first-order valence-electron chi connectivity index (χ1n) is 12.9. The number of hydrogen-bond acceptors (Lipinski definition) is 3. The lowest BCUT2D eigenvalue weighted by molar-refractivity contribution is -0.143. The van der Waals surface area contributed by atoms with Gasteiger partial charge in [-0.15, -0.1) is 0 Å². The molecule has 200 valence electrons. The van der Waals surface area contributed by atoms with Crippen molar-refractivity contribution in [2.24, 2.45) is 0 Å². The highest BCUT2D eigenvalue weighted by atomic mass is 79.9. The third kappa shape index (κ3) is 7.98. The van der Waals surface area contributed by atoms with Gasteiger partial charge in [-0.2, -0.15) is 0 Å². The van der Waals surface area contributed by atoms with E-state index in [4.69, 9.17) is 27.9 Å². The Kier molecular flexibility index (Phi) is 10.5. The van der Waals surface area contributed by atoms with Crippen LogP contribution in [0.4, 0.5) is 0 Å². The second-order valence-corrected chi connectivity index (χ2v) is 11.2. The fourth-order valence-corrected chi connectivity index (χ4v) is 5.72. The summed E-state index contributed by atoms with van der Waals surface area (Å²) in [6.45, 7) is -0.0636. The minimum Gasteiger partial charge on any atom is -0.483 e. The summed E-state index contributed by atoms with van der Waals surface area (Å²) in [6.07, 6.45) is 5.67. The maximum atomic E-state index is 13.8. The molecule has 1 fully saturated rings. The number of benzene rings is 3. The molecule has 2 amide bonds. The lowest BCUT2D eigenvalue weighted by Gasteiger charge is -2.33. The molecule has 3 aromatic carbocycles. The van der Waals surface area contributed by atoms with Crippen molar-refractivity contribution in [2.75, 3.05) is 6.61 Å². The average molecular weight is 618 g/mol. The highest BCUT2D eigenvalue weighted by Crippen LogP contribution is 2.28. The molecule has 0 aliphatic heterocycles. The van der Waals surface area contributed by atoms with Crippen molar-refractivity contribution < 1.29 is 14.3 Å². The van der Waals surface area contributed by atoms with Crippen LogP contribution in [-0.2, 0) is 22.6 Å². The minimum atomic E-state index is -0.736. The van der Waals surface area contributed by atoms with Crippen LogP contribution in [0.15, 0.2) is 77.3 Å². The number of ether oxygens (including phenoxy) is 1. The third-order valence-electron chi connectivity index (χ3n) is 6.77. The Morgan fingerprint density at radius 1 is 0.974 bits per heavy atom. The highest BCUT2D eigenvalue weighted by Gasteiger charge is 2.32. The van der Waals surface area contributed by atoms with Crippen LogP contribution in [0.3, 0.4) is 0 Å². The van der Waals surface area contributed by atoms with Crippen LogP contribution < -0.4 is 10.1 Å². The van der Waals surface area contributed by atoms with Gasteiger partial charge in [0.25, 0.3) is 5.91 Å². The quantitative estimate of drug-likeness (QED) is 0.261. The van der Waals surface area contributed by atoms with E-state index >= 15 is 0 Å². The van der Waals surface area contributed by atoms with E-state index in [1.54, 1.807) is 29.2 Å². The molecule has 1 aliphatic carbocycles. The van der Waals surface area contributed by atoms with Crippen molar-refractivity contribution in [1.29, 1.82) is 0 Å². The molecular formula is C30H31BrCl2N2O3. The van der Waals surface area contributed by atoms with Crippen molar-refractivity contribution in [3.63, 3.8) is 0 Å². The molecule has 1 N–H and O–H groups in total. The second kappa shape index (κ2) is 14.0. The number of amides is 2. The Labute approximate surface area is 242 Å². The van der Waals surface area contributed by atoms with Gasteiger partial charge in [0.2, 0.25) is 5.91 Å². The summed E-state index contributed by atoms with van der Waals surface area (Å²) < 4.78 is 6.52. The zero-order valence-corrected chi connectivity index (χ0v) is 24.1. The molecule has 8 heteroatoms. The fourth-order valence-electron chi connectivity index (χ4n) is 4.72. The number of nitrogens with zero attached hydrogens (tertiary/aromatic N) is 1. The number of nitrogens with one attached hydrogen (secondary N) is 1. The predicted molar refractivity (Wildman–Crippen MR) is 156 cm³/mol. The minimum absolute atomic E-state index is 0.119. The van der Waals surface area contributed by atoms with Gasteiger partial charge < -0.3 is 15.0 Å². The van der Waals surface area contributed by atoms with Crippen molar-refractivity contribution in [3.8, 4) is 5.75 Å². The SMILES string of the molecule is O=C(NC1CCCCC1)[C@H](Cc1ccccc1)N(Cc1ccccc1Cl)C(=O)COc1ccc(Cl)cc1Br. The average Bonchev–Trinajstić information content (AvgIpc) is 2.92. The van der Waals surface area contributed by atoms with E-state index in [2.05, 4.69) is 21.2 Å². The van der Waals surface area contributed by atoms with E-state index in [9.17, 15) is 9.59 Å². The van der Waals surface area contributed by atoms with Crippen molar-refractivity contribution in [2.45, 2.75) is 57.2 Å². The smallest absolute Gasteiger partial charge is 0.261 e. The Morgan fingerprint density at radius 2 is 1.68 bits per heavy atom. The molecule has 0 heterocycles. The van der Waals surface area contributed by atoms with Gasteiger partial charge in [0.1, 0.15) is 11.8 Å². The molecule has 3 aromatic rings. The van der Waals surface area contributed by atoms with Crippen molar-refractivity contribution in [3.05, 3.63) is 98.4 Å². The molecule has 5 nitrogen and oxygen atoms in total. The molecule has 1 saturated carbocycles. The van der Waals surface area contributed by atoms with Crippen LogP contribution in [0.25, 0.3) is 0 Å². The largest absolute Gasteiger partial charge is 0.483 e. The van der Waals surface area contributed by atoms with Gasteiger partial charge in [-0.1, -0.05) is 91.0 Å². The Hall–Kier alpha value is -2.54. The first kappa shape index (κ1) is 28.5. The molecule has 0 bridgehead atoms. The van der Waals surface area contributed by atoms with Crippen LogP contribution in [0, 0.1) is 0 Å². The number of rotatable bonds is 10. The summed E-state index contributed by atoms with van der Waals surface area (Å²) in [6, 6.07) is 21.6. The highest BCUT2D eigenvalue weighted by molar-refractivity contribution is 9.10. The Bertz CT molecular complexity index is 1240. The zero-order chi connectivity index (χ0) is 26.9. The molecule has 1 atom stereocenters. The number of carbonyl (C=O) groups is 2. The molecule has 0 unspecified atom stereocenters. The molecule has 0 aromatic heterocycles. The van der Waals surface area contributed by atoms with Gasteiger partial charge in [0.15, 0.2) is 6.61 Å². The maximum Gasteiger partial charge on any atom is 0.261 e. The maximum absolute atomic E-state index is 13.8. The fraction of sp³-hybridized carbons (Fsp3) is 0.333. The van der Waals surface area contributed by atoms with E-state index in [1.807, 2.05) is 48.5 Å². The van der Waals surface area contributed by atoms with E-state index in [-0.39, 0.29) is 31.0 Å². The number of halogens is 3. The predicted octanol–water partition coefficient (Wildman–Crippen LogP) is 7.22. The summed E-state index contributed by atoms with van der Waals surface area (Å²) in [5, 5.41) is 4.33. The van der Waals surface area contributed by atoms with Gasteiger partial charge in [-0.3, -0.25) is 9.59 Å². The first-order valence-corrected chi connectivity index (χ1v) is 14.4. The topological polar surface area (TPSA) is 58.6 Å². The van der Waals surface area contributed by atoms with Gasteiger partial charge in [-0.25, -0.2) is 0 Å². The second-order valence-electron chi connectivity index (χ2n) is 9.53. The summed E-state index contributed by atoms with van der Waals surface area (Å²) in [5.41, 5.74) is 1.73. The monoisotopic (exact) mass is 616 g/mol. The summed E-state index contributed by atoms with van der Waals surface area (Å²) in [4.78, 5) is 29.2. The van der Waals surface area contributed by atoms with Crippen LogP contribution in [-0.4, -0.2) is 35.4 Å². The zero-order valence-electron chi connectivity index (χ0n) is 21.0. The molecule has 38 heavy (non-hydrogen) atoms. The molecule has 0 radical (unpaired) electrons. The van der Waals surface area contributed by atoms with Gasteiger partial charge in [-0.05, 0) is 64.2 Å². The molecule has 1 aliphatic rings. The molecule has 0 spiro atoms. The van der Waals surface area contributed by atoms with Gasteiger partial charge >= 0.3 is 0 Å².